The molecule has 2 rings (SSSR count). The Morgan fingerprint density at radius 1 is 1.62 bits per heavy atom. The summed E-state index contributed by atoms with van der Waals surface area (Å²) in [6, 6.07) is 4.20. The van der Waals surface area contributed by atoms with Gasteiger partial charge in [0.15, 0.2) is 0 Å². The lowest BCUT2D eigenvalue weighted by Gasteiger charge is -2.21. The van der Waals surface area contributed by atoms with Gasteiger partial charge in [0, 0.05) is 29.0 Å². The number of likely N-dealkylation sites (tertiary alicyclic amines) is 1. The summed E-state index contributed by atoms with van der Waals surface area (Å²) >= 11 is 3.33. The second kappa shape index (κ2) is 4.95. The van der Waals surface area contributed by atoms with Crippen LogP contribution in [0.3, 0.4) is 0 Å². The van der Waals surface area contributed by atoms with E-state index in [9.17, 15) is 4.79 Å². The van der Waals surface area contributed by atoms with Crippen LogP contribution >= 0.6 is 15.9 Å². The minimum absolute atomic E-state index is 0.194. The molecule has 1 atom stereocenters. The average Bonchev–Trinajstić information content (AvgIpc) is 2.68. The molecule has 1 saturated heterocycles. The molecular formula is C12H15BrN2O. The van der Waals surface area contributed by atoms with Crippen molar-refractivity contribution in [3.05, 3.63) is 28.5 Å². The van der Waals surface area contributed by atoms with Crippen LogP contribution < -0.4 is 0 Å². The van der Waals surface area contributed by atoms with E-state index in [1.807, 2.05) is 17.0 Å². The van der Waals surface area contributed by atoms with Gasteiger partial charge in [0.25, 0.3) is 0 Å². The van der Waals surface area contributed by atoms with Crippen LogP contribution in [0.1, 0.15) is 25.5 Å². The third-order valence-corrected chi connectivity index (χ3v) is 3.46. The van der Waals surface area contributed by atoms with Gasteiger partial charge in [-0.2, -0.15) is 0 Å². The van der Waals surface area contributed by atoms with Crippen molar-refractivity contribution in [3.8, 4) is 0 Å². The van der Waals surface area contributed by atoms with E-state index in [-0.39, 0.29) is 5.91 Å². The highest BCUT2D eigenvalue weighted by atomic mass is 79.9. The van der Waals surface area contributed by atoms with E-state index in [1.165, 1.54) is 0 Å². The first-order valence-corrected chi connectivity index (χ1v) is 6.36. The molecule has 0 aromatic carbocycles. The lowest BCUT2D eigenvalue weighted by Crippen LogP contribution is -2.34. The third-order valence-electron chi connectivity index (χ3n) is 2.99. The molecule has 1 aromatic rings. The van der Waals surface area contributed by atoms with Crippen molar-refractivity contribution in [1.82, 2.24) is 9.88 Å². The van der Waals surface area contributed by atoms with E-state index in [4.69, 9.17) is 0 Å². The van der Waals surface area contributed by atoms with E-state index >= 15 is 0 Å². The molecule has 1 aromatic heterocycles. The molecule has 0 unspecified atom stereocenters. The molecule has 0 N–H and O–H groups in total. The topological polar surface area (TPSA) is 33.2 Å². The van der Waals surface area contributed by atoms with Gasteiger partial charge in [-0.05, 0) is 47.8 Å². The molecule has 1 aliphatic heterocycles. The van der Waals surface area contributed by atoms with Crippen LogP contribution in [0.4, 0.5) is 0 Å². The Bertz CT molecular complexity index is 377. The quantitative estimate of drug-likeness (QED) is 0.835. The first-order valence-electron chi connectivity index (χ1n) is 5.57. The van der Waals surface area contributed by atoms with Crippen molar-refractivity contribution in [1.29, 1.82) is 0 Å². The molecule has 16 heavy (non-hydrogen) atoms. The van der Waals surface area contributed by atoms with Gasteiger partial charge in [-0.1, -0.05) is 0 Å². The highest BCUT2D eigenvalue weighted by Crippen LogP contribution is 2.17. The van der Waals surface area contributed by atoms with Crippen LogP contribution in [0.5, 0.6) is 0 Å². The van der Waals surface area contributed by atoms with Crippen molar-refractivity contribution >= 4 is 21.8 Å². The SMILES string of the molecule is C[C@@H]1CCCN1C(=O)Cc1ccc(Br)cn1. The standard InChI is InChI=1S/C12H15BrN2O/c1-9-3-2-6-15(9)12(16)7-11-5-4-10(13)8-14-11/h4-5,8-9H,2-3,6-7H2,1H3/t9-/m1/s1. The van der Waals surface area contributed by atoms with E-state index in [0.717, 1.165) is 29.6 Å². The number of carbonyl (C=O) groups is 1. The van der Waals surface area contributed by atoms with E-state index in [1.54, 1.807) is 6.20 Å². The number of hydrogen-bond donors (Lipinski definition) is 0. The molecule has 0 spiro atoms. The van der Waals surface area contributed by atoms with Crippen molar-refractivity contribution in [2.24, 2.45) is 0 Å². The maximum Gasteiger partial charge on any atom is 0.228 e. The lowest BCUT2D eigenvalue weighted by atomic mass is 10.2. The Balaban J connectivity index is 1.99. The molecule has 0 saturated carbocycles. The van der Waals surface area contributed by atoms with Gasteiger partial charge in [0.1, 0.15) is 0 Å². The molecule has 1 amide bonds. The summed E-state index contributed by atoms with van der Waals surface area (Å²) in [5.74, 6) is 0.194. The summed E-state index contributed by atoms with van der Waals surface area (Å²) in [4.78, 5) is 18.2. The second-order valence-electron chi connectivity index (χ2n) is 4.22. The predicted molar refractivity (Wildman–Crippen MR) is 66.1 cm³/mol. The van der Waals surface area contributed by atoms with Gasteiger partial charge in [0.05, 0.1) is 6.42 Å². The number of halogens is 1. The number of rotatable bonds is 2. The van der Waals surface area contributed by atoms with Crippen molar-refractivity contribution in [3.63, 3.8) is 0 Å². The maximum absolute atomic E-state index is 12.0. The van der Waals surface area contributed by atoms with Crippen LogP contribution in [0.15, 0.2) is 22.8 Å². The molecule has 3 nitrogen and oxygen atoms in total. The van der Waals surface area contributed by atoms with Gasteiger partial charge >= 0.3 is 0 Å². The smallest absolute Gasteiger partial charge is 0.228 e. The molecule has 2 heterocycles. The molecule has 0 aliphatic carbocycles. The van der Waals surface area contributed by atoms with E-state index < -0.39 is 0 Å². The van der Waals surface area contributed by atoms with Crippen LogP contribution in [-0.2, 0) is 11.2 Å². The molecule has 0 radical (unpaired) electrons. The molecule has 4 heteroatoms. The second-order valence-corrected chi connectivity index (χ2v) is 5.14. The van der Waals surface area contributed by atoms with Crippen LogP contribution in [0.25, 0.3) is 0 Å². The fourth-order valence-corrected chi connectivity index (χ4v) is 2.31. The molecule has 0 bridgehead atoms. The third kappa shape index (κ3) is 2.61. The lowest BCUT2D eigenvalue weighted by molar-refractivity contribution is -0.131. The van der Waals surface area contributed by atoms with Crippen LogP contribution in [-0.4, -0.2) is 28.4 Å². The Morgan fingerprint density at radius 3 is 3.00 bits per heavy atom. The van der Waals surface area contributed by atoms with Crippen molar-refractivity contribution < 1.29 is 4.79 Å². The fraction of sp³-hybridized carbons (Fsp3) is 0.500. The summed E-state index contributed by atoms with van der Waals surface area (Å²) in [7, 11) is 0. The number of nitrogens with zero attached hydrogens (tertiary/aromatic N) is 2. The Morgan fingerprint density at radius 2 is 2.44 bits per heavy atom. The highest BCUT2D eigenvalue weighted by Gasteiger charge is 2.24. The number of amides is 1. The number of pyridine rings is 1. The number of carbonyl (C=O) groups excluding carboxylic acids is 1. The number of hydrogen-bond acceptors (Lipinski definition) is 2. The van der Waals surface area contributed by atoms with Gasteiger partial charge in [0.2, 0.25) is 5.91 Å². The highest BCUT2D eigenvalue weighted by molar-refractivity contribution is 9.10. The number of aromatic nitrogens is 1. The van der Waals surface area contributed by atoms with Gasteiger partial charge in [-0.25, -0.2) is 0 Å². The zero-order chi connectivity index (χ0) is 11.5. The fourth-order valence-electron chi connectivity index (χ4n) is 2.07. The Kier molecular flexibility index (Phi) is 3.59. The normalized spacial score (nSPS) is 20.1. The van der Waals surface area contributed by atoms with E-state index in [0.29, 0.717) is 12.5 Å². The van der Waals surface area contributed by atoms with E-state index in [2.05, 4.69) is 27.8 Å². The predicted octanol–water partition coefficient (Wildman–Crippen LogP) is 2.40. The first kappa shape index (κ1) is 11.6. The molecule has 1 aliphatic rings. The minimum Gasteiger partial charge on any atom is -0.340 e. The zero-order valence-corrected chi connectivity index (χ0v) is 10.9. The minimum atomic E-state index is 0.194. The van der Waals surface area contributed by atoms with Crippen LogP contribution in [0, 0.1) is 0 Å². The van der Waals surface area contributed by atoms with Gasteiger partial charge in [-0.3, -0.25) is 9.78 Å². The first-order chi connectivity index (χ1) is 7.66. The van der Waals surface area contributed by atoms with Crippen molar-refractivity contribution in [2.45, 2.75) is 32.2 Å². The summed E-state index contributed by atoms with van der Waals surface area (Å²) in [5, 5.41) is 0. The summed E-state index contributed by atoms with van der Waals surface area (Å²) in [6.45, 7) is 3.01. The molecule has 86 valence electrons. The van der Waals surface area contributed by atoms with Crippen LogP contribution in [0.2, 0.25) is 0 Å². The maximum atomic E-state index is 12.0. The Labute approximate surface area is 104 Å². The van der Waals surface area contributed by atoms with Gasteiger partial charge < -0.3 is 4.90 Å². The Hall–Kier alpha value is -0.900. The zero-order valence-electron chi connectivity index (χ0n) is 9.32. The summed E-state index contributed by atoms with van der Waals surface area (Å²) in [5.41, 5.74) is 0.840. The van der Waals surface area contributed by atoms with Crippen molar-refractivity contribution in [2.75, 3.05) is 6.54 Å². The monoisotopic (exact) mass is 282 g/mol. The summed E-state index contributed by atoms with van der Waals surface area (Å²) in [6.07, 6.45) is 4.40. The average molecular weight is 283 g/mol. The molecular weight excluding hydrogens is 268 g/mol. The largest absolute Gasteiger partial charge is 0.340 e. The summed E-state index contributed by atoms with van der Waals surface area (Å²) < 4.78 is 0.943. The van der Waals surface area contributed by atoms with Gasteiger partial charge in [-0.15, -0.1) is 0 Å². The molecule has 1 fully saturated rings.